The van der Waals surface area contributed by atoms with Gasteiger partial charge in [0.2, 0.25) is 5.91 Å². The third-order valence-corrected chi connectivity index (χ3v) is 1.74. The molecular weight excluding hydrogens is 154 g/mol. The average Bonchev–Trinajstić information content (AvgIpc) is 2.03. The van der Waals surface area contributed by atoms with Crippen molar-refractivity contribution in [1.82, 2.24) is 4.90 Å². The minimum absolute atomic E-state index is 0.0241. The van der Waals surface area contributed by atoms with E-state index in [1.54, 1.807) is 4.90 Å². The van der Waals surface area contributed by atoms with E-state index in [0.717, 1.165) is 13.1 Å². The van der Waals surface area contributed by atoms with Crippen LogP contribution in [0.2, 0.25) is 0 Å². The summed E-state index contributed by atoms with van der Waals surface area (Å²) in [6.45, 7) is 7.84. The number of likely N-dealkylation sites (tertiary alicyclic amines) is 1. The first kappa shape index (κ1) is 11.4. The molecule has 1 N–H and O–H groups in total. The molecule has 0 aromatic heterocycles. The predicted molar refractivity (Wildman–Crippen MR) is 48.8 cm³/mol. The molecule has 72 valence electrons. The highest BCUT2D eigenvalue weighted by atomic mass is 16.3. The van der Waals surface area contributed by atoms with Crippen LogP contribution in [0.1, 0.15) is 27.2 Å². The van der Waals surface area contributed by atoms with E-state index >= 15 is 0 Å². The maximum Gasteiger partial charge on any atom is 0.224 e. The Hall–Kier alpha value is -0.570. The summed E-state index contributed by atoms with van der Waals surface area (Å²) in [5.74, 6) is 0.739. The van der Waals surface area contributed by atoms with Gasteiger partial charge in [0.25, 0.3) is 0 Å². The van der Waals surface area contributed by atoms with Gasteiger partial charge in [0.15, 0.2) is 0 Å². The number of nitrogens with zero attached hydrogens (tertiary/aromatic N) is 1. The minimum Gasteiger partial charge on any atom is -0.396 e. The van der Waals surface area contributed by atoms with Crippen molar-refractivity contribution in [1.29, 1.82) is 0 Å². The molecule has 12 heavy (non-hydrogen) atoms. The summed E-state index contributed by atoms with van der Waals surface area (Å²) in [5, 5.41) is 8.42. The van der Waals surface area contributed by atoms with Gasteiger partial charge in [-0.15, -0.1) is 0 Å². The van der Waals surface area contributed by atoms with Crippen LogP contribution in [-0.4, -0.2) is 35.6 Å². The van der Waals surface area contributed by atoms with Gasteiger partial charge in [-0.25, -0.2) is 0 Å². The molecule has 0 bridgehead atoms. The highest BCUT2D eigenvalue weighted by molar-refractivity contribution is 5.77. The third-order valence-electron chi connectivity index (χ3n) is 1.74. The fraction of sp³-hybridized carbons (Fsp3) is 0.889. The molecule has 1 amide bonds. The van der Waals surface area contributed by atoms with Crippen molar-refractivity contribution in [2.75, 3.05) is 19.7 Å². The van der Waals surface area contributed by atoms with Crippen LogP contribution in [0.4, 0.5) is 0 Å². The van der Waals surface area contributed by atoms with Crippen LogP contribution in [0.5, 0.6) is 0 Å². The standard InChI is InChI=1S/C7H13NO2.C2H6/c1-6-4-8(5-6)7(10)2-3-9;1-2/h6,9H,2-5H2,1H3;1-2H3. The molecule has 0 unspecified atom stereocenters. The lowest BCUT2D eigenvalue weighted by atomic mass is 10.0. The van der Waals surface area contributed by atoms with Crippen molar-refractivity contribution < 1.29 is 9.90 Å². The molecule has 1 fully saturated rings. The number of carbonyl (C=O) groups excluding carboxylic acids is 1. The smallest absolute Gasteiger partial charge is 0.224 e. The van der Waals surface area contributed by atoms with Crippen molar-refractivity contribution in [3.05, 3.63) is 0 Å². The Morgan fingerprint density at radius 3 is 2.33 bits per heavy atom. The van der Waals surface area contributed by atoms with Crippen molar-refractivity contribution >= 4 is 5.91 Å². The van der Waals surface area contributed by atoms with Gasteiger partial charge in [-0.05, 0) is 5.92 Å². The molecular formula is C9H19NO2. The van der Waals surface area contributed by atoms with Crippen molar-refractivity contribution in [3.63, 3.8) is 0 Å². The molecule has 0 radical (unpaired) electrons. The molecule has 3 heteroatoms. The summed E-state index contributed by atoms with van der Waals surface area (Å²) in [7, 11) is 0. The van der Waals surface area contributed by atoms with Crippen LogP contribution in [0, 0.1) is 5.92 Å². The number of aliphatic hydroxyl groups excluding tert-OH is 1. The van der Waals surface area contributed by atoms with Gasteiger partial charge in [0.1, 0.15) is 0 Å². The number of hydrogen-bond donors (Lipinski definition) is 1. The molecule has 1 saturated heterocycles. The number of hydrogen-bond acceptors (Lipinski definition) is 2. The number of carbonyl (C=O) groups is 1. The molecule has 1 heterocycles. The lowest BCUT2D eigenvalue weighted by molar-refractivity contribution is -0.137. The summed E-state index contributed by atoms with van der Waals surface area (Å²) >= 11 is 0. The SMILES string of the molecule is CC.CC1CN(C(=O)CCO)C1. The van der Waals surface area contributed by atoms with E-state index < -0.39 is 0 Å². The monoisotopic (exact) mass is 173 g/mol. The normalized spacial score (nSPS) is 16.2. The zero-order valence-corrected chi connectivity index (χ0v) is 8.21. The maximum absolute atomic E-state index is 10.9. The second kappa shape index (κ2) is 6.00. The van der Waals surface area contributed by atoms with Crippen LogP contribution in [0.25, 0.3) is 0 Å². The van der Waals surface area contributed by atoms with Crippen molar-refractivity contribution in [3.8, 4) is 0 Å². The van der Waals surface area contributed by atoms with Gasteiger partial charge in [-0.3, -0.25) is 4.79 Å². The Bertz CT molecular complexity index is 130. The van der Waals surface area contributed by atoms with Crippen LogP contribution in [0.3, 0.4) is 0 Å². The quantitative estimate of drug-likeness (QED) is 0.673. The van der Waals surface area contributed by atoms with Crippen LogP contribution in [0.15, 0.2) is 0 Å². The third kappa shape index (κ3) is 3.22. The zero-order valence-electron chi connectivity index (χ0n) is 8.21. The van der Waals surface area contributed by atoms with Crippen LogP contribution >= 0.6 is 0 Å². The lowest BCUT2D eigenvalue weighted by Crippen LogP contribution is -2.48. The summed E-state index contributed by atoms with van der Waals surface area (Å²) in [5.41, 5.74) is 0. The van der Waals surface area contributed by atoms with Gasteiger partial charge in [-0.2, -0.15) is 0 Å². The van der Waals surface area contributed by atoms with Gasteiger partial charge in [0, 0.05) is 19.5 Å². The Balaban J connectivity index is 0.000000561. The fourth-order valence-electron chi connectivity index (χ4n) is 1.16. The summed E-state index contributed by atoms with van der Waals surface area (Å²) in [6.07, 6.45) is 0.284. The molecule has 0 saturated carbocycles. The Labute approximate surface area is 74.4 Å². The lowest BCUT2D eigenvalue weighted by Gasteiger charge is -2.37. The Morgan fingerprint density at radius 1 is 1.50 bits per heavy atom. The van der Waals surface area contributed by atoms with Crippen molar-refractivity contribution in [2.24, 2.45) is 5.92 Å². The fourth-order valence-corrected chi connectivity index (χ4v) is 1.16. The van der Waals surface area contributed by atoms with Gasteiger partial charge in [0.05, 0.1) is 6.61 Å². The minimum atomic E-state index is -0.0241. The van der Waals surface area contributed by atoms with E-state index in [-0.39, 0.29) is 18.9 Å². The number of aliphatic hydroxyl groups is 1. The van der Waals surface area contributed by atoms with E-state index in [1.807, 2.05) is 13.8 Å². The molecule has 1 rings (SSSR count). The van der Waals surface area contributed by atoms with E-state index in [1.165, 1.54) is 0 Å². The van der Waals surface area contributed by atoms with Gasteiger partial charge < -0.3 is 10.0 Å². The molecule has 3 nitrogen and oxygen atoms in total. The highest BCUT2D eigenvalue weighted by Gasteiger charge is 2.25. The van der Waals surface area contributed by atoms with E-state index in [9.17, 15) is 4.79 Å². The van der Waals surface area contributed by atoms with Crippen LogP contribution in [-0.2, 0) is 4.79 Å². The predicted octanol–water partition coefficient (Wildman–Crippen LogP) is 0.873. The summed E-state index contributed by atoms with van der Waals surface area (Å²) < 4.78 is 0. The summed E-state index contributed by atoms with van der Waals surface area (Å²) in [4.78, 5) is 12.7. The largest absolute Gasteiger partial charge is 0.396 e. The van der Waals surface area contributed by atoms with E-state index in [2.05, 4.69) is 6.92 Å². The summed E-state index contributed by atoms with van der Waals surface area (Å²) in [6, 6.07) is 0. The maximum atomic E-state index is 10.9. The molecule has 1 aliphatic rings. The molecule has 0 atom stereocenters. The first-order chi connectivity index (χ1) is 5.74. The molecule has 1 aliphatic heterocycles. The topological polar surface area (TPSA) is 40.5 Å². The Kier molecular flexibility index (Phi) is 5.72. The first-order valence-corrected chi connectivity index (χ1v) is 4.62. The highest BCUT2D eigenvalue weighted by Crippen LogP contribution is 2.14. The second-order valence-electron chi connectivity index (χ2n) is 2.88. The Morgan fingerprint density at radius 2 is 2.00 bits per heavy atom. The van der Waals surface area contributed by atoms with Crippen LogP contribution < -0.4 is 0 Å². The molecule has 0 aromatic rings. The van der Waals surface area contributed by atoms with Gasteiger partial charge in [-0.1, -0.05) is 20.8 Å². The van der Waals surface area contributed by atoms with E-state index in [4.69, 9.17) is 5.11 Å². The van der Waals surface area contributed by atoms with Gasteiger partial charge >= 0.3 is 0 Å². The zero-order chi connectivity index (χ0) is 9.56. The number of rotatable bonds is 2. The first-order valence-electron chi connectivity index (χ1n) is 4.62. The number of amides is 1. The van der Waals surface area contributed by atoms with E-state index in [0.29, 0.717) is 5.92 Å². The average molecular weight is 173 g/mol. The molecule has 0 spiro atoms. The second-order valence-corrected chi connectivity index (χ2v) is 2.88. The molecule has 0 aromatic carbocycles. The molecule has 0 aliphatic carbocycles. The van der Waals surface area contributed by atoms with Crippen molar-refractivity contribution in [2.45, 2.75) is 27.2 Å².